The number of ketones is 1. The summed E-state index contributed by atoms with van der Waals surface area (Å²) in [5, 5.41) is 9.43. The number of carbonyl (C=O) groups excluding carboxylic acids is 5. The number of ether oxygens (including phenoxy) is 1. The molecule has 0 rings (SSSR count). The second-order valence-corrected chi connectivity index (χ2v) is 9.58. The van der Waals surface area contributed by atoms with Crippen molar-refractivity contribution in [1.29, 1.82) is 0 Å². The molecule has 0 aromatic carbocycles. The molecule has 0 spiro atoms. The van der Waals surface area contributed by atoms with Gasteiger partial charge in [0.2, 0.25) is 17.7 Å². The molecule has 14 heteroatoms. The Hall–Kier alpha value is -2.90. The van der Waals surface area contributed by atoms with Crippen molar-refractivity contribution in [3.05, 3.63) is 0 Å². The lowest BCUT2D eigenvalue weighted by molar-refractivity contribution is -0.152. The number of hydrogen-bond acceptors (Lipinski definition) is 7. The molecule has 0 radical (unpaired) electrons. The summed E-state index contributed by atoms with van der Waals surface area (Å²) in [6.07, 6.45) is -3.55. The van der Waals surface area contributed by atoms with Gasteiger partial charge in [0, 0.05) is 0 Å². The van der Waals surface area contributed by atoms with Crippen molar-refractivity contribution in [2.24, 2.45) is 5.92 Å². The zero-order valence-electron chi connectivity index (χ0n) is 23.5. The number of nitrogens with one attached hydrogen (secondary N) is 4. The molecule has 4 amide bonds. The lowest BCUT2D eigenvalue weighted by Gasteiger charge is -2.25. The number of nitrogens with zero attached hydrogens (tertiary/aromatic N) is 1. The highest BCUT2D eigenvalue weighted by atomic mass is 19.4. The van der Waals surface area contributed by atoms with Gasteiger partial charge in [0.25, 0.3) is 0 Å². The van der Waals surface area contributed by atoms with E-state index in [0.29, 0.717) is 6.42 Å². The van der Waals surface area contributed by atoms with Crippen LogP contribution in [0.15, 0.2) is 0 Å². The number of halogens is 3. The number of unbranched alkanes of at least 4 members (excludes halogenated alkanes) is 1. The van der Waals surface area contributed by atoms with Gasteiger partial charge in [-0.25, -0.2) is 4.79 Å². The average Bonchev–Trinajstić information content (AvgIpc) is 2.84. The van der Waals surface area contributed by atoms with Crippen LogP contribution in [0.5, 0.6) is 0 Å². The first-order valence-corrected chi connectivity index (χ1v) is 13.2. The molecule has 4 N–H and O–H groups in total. The first-order valence-electron chi connectivity index (χ1n) is 13.2. The maximum Gasteiger partial charge on any atom is 0.407 e. The number of amides is 4. The molecular formula is C25H44F3N5O6. The fourth-order valence-corrected chi connectivity index (χ4v) is 3.74. The van der Waals surface area contributed by atoms with E-state index in [0.717, 1.165) is 46.0 Å². The van der Waals surface area contributed by atoms with Crippen LogP contribution in [0.3, 0.4) is 0 Å². The van der Waals surface area contributed by atoms with Crippen LogP contribution in [0.2, 0.25) is 0 Å². The average molecular weight is 568 g/mol. The van der Waals surface area contributed by atoms with Crippen LogP contribution in [-0.4, -0.2) is 92.6 Å². The summed E-state index contributed by atoms with van der Waals surface area (Å²) in [7, 11) is 1.16. The molecule has 0 aromatic heterocycles. The first kappa shape index (κ1) is 36.1. The Balaban J connectivity index is 5.19. The largest absolute Gasteiger partial charge is 0.453 e. The summed E-state index contributed by atoms with van der Waals surface area (Å²) >= 11 is 0. The maximum atomic E-state index is 12.9. The third-order valence-electron chi connectivity index (χ3n) is 5.64. The van der Waals surface area contributed by atoms with E-state index in [1.165, 1.54) is 0 Å². The fourth-order valence-electron chi connectivity index (χ4n) is 3.74. The van der Waals surface area contributed by atoms with Crippen LogP contribution in [-0.2, 0) is 23.9 Å². The Morgan fingerprint density at radius 2 is 1.46 bits per heavy atom. The zero-order valence-corrected chi connectivity index (χ0v) is 23.5. The highest BCUT2D eigenvalue weighted by Crippen LogP contribution is 2.19. The fraction of sp³-hybridized carbons (Fsp3) is 0.800. The summed E-state index contributed by atoms with van der Waals surface area (Å²) < 4.78 is 41.4. The van der Waals surface area contributed by atoms with Gasteiger partial charge in [0.15, 0.2) is 5.78 Å². The van der Waals surface area contributed by atoms with Crippen LogP contribution in [0.4, 0.5) is 18.0 Å². The molecule has 226 valence electrons. The third-order valence-corrected chi connectivity index (χ3v) is 5.64. The van der Waals surface area contributed by atoms with E-state index in [2.05, 4.69) is 39.4 Å². The lowest BCUT2D eigenvalue weighted by Crippen LogP contribution is -2.56. The van der Waals surface area contributed by atoms with Crippen molar-refractivity contribution in [3.63, 3.8) is 0 Å². The summed E-state index contributed by atoms with van der Waals surface area (Å²) in [5.41, 5.74) is 0. The van der Waals surface area contributed by atoms with Crippen LogP contribution in [0.25, 0.3) is 0 Å². The van der Waals surface area contributed by atoms with E-state index < -0.39 is 67.4 Å². The van der Waals surface area contributed by atoms with Gasteiger partial charge in [0.05, 0.1) is 20.2 Å². The van der Waals surface area contributed by atoms with E-state index in [-0.39, 0.29) is 12.3 Å². The predicted octanol–water partition coefficient (Wildman–Crippen LogP) is 1.90. The van der Waals surface area contributed by atoms with Gasteiger partial charge in [0.1, 0.15) is 18.5 Å². The van der Waals surface area contributed by atoms with Gasteiger partial charge in [-0.15, -0.1) is 0 Å². The number of alkyl halides is 3. The molecule has 39 heavy (non-hydrogen) atoms. The van der Waals surface area contributed by atoms with E-state index >= 15 is 0 Å². The van der Waals surface area contributed by atoms with Crippen LogP contribution >= 0.6 is 0 Å². The molecule has 11 nitrogen and oxygen atoms in total. The molecule has 0 aromatic rings. The maximum absolute atomic E-state index is 12.9. The molecule has 0 aliphatic rings. The van der Waals surface area contributed by atoms with Crippen molar-refractivity contribution in [1.82, 2.24) is 26.2 Å². The monoisotopic (exact) mass is 567 g/mol. The molecule has 0 aliphatic heterocycles. The van der Waals surface area contributed by atoms with Crippen LogP contribution < -0.4 is 21.3 Å². The molecule has 0 aliphatic carbocycles. The van der Waals surface area contributed by atoms with E-state index in [1.54, 1.807) is 13.8 Å². The first-order chi connectivity index (χ1) is 18.2. The second kappa shape index (κ2) is 19.2. The molecule has 2 atom stereocenters. The van der Waals surface area contributed by atoms with E-state index in [1.807, 2.05) is 5.32 Å². The number of methoxy groups -OCH3 is 1. The van der Waals surface area contributed by atoms with Gasteiger partial charge < -0.3 is 30.9 Å². The van der Waals surface area contributed by atoms with E-state index in [4.69, 9.17) is 0 Å². The summed E-state index contributed by atoms with van der Waals surface area (Å²) in [6, 6.07) is -2.02. The third kappa shape index (κ3) is 17.3. The molecular weight excluding hydrogens is 523 g/mol. The Morgan fingerprint density at radius 1 is 0.846 bits per heavy atom. The van der Waals surface area contributed by atoms with Crippen molar-refractivity contribution in [2.45, 2.75) is 84.5 Å². The second-order valence-electron chi connectivity index (χ2n) is 9.58. The predicted molar refractivity (Wildman–Crippen MR) is 139 cm³/mol. The quantitative estimate of drug-likeness (QED) is 0.174. The highest BCUT2D eigenvalue weighted by Gasteiger charge is 2.31. The van der Waals surface area contributed by atoms with Crippen molar-refractivity contribution in [2.75, 3.05) is 39.8 Å². The Bertz CT molecular complexity index is 789. The number of carbonyl (C=O) groups is 5. The zero-order chi connectivity index (χ0) is 30.0. The van der Waals surface area contributed by atoms with Gasteiger partial charge >= 0.3 is 12.3 Å². The van der Waals surface area contributed by atoms with Crippen molar-refractivity contribution in [3.8, 4) is 0 Å². The SMILES string of the molecule is CCCN(CCC)CCCC[C@H](NC(=O)[C@@H](NC(=O)OC)C(C)C)C(=O)NCC(=O)NCC(=O)CC(F)(F)F. The number of Topliss-reactive ketones (excluding diaryl/α,β-unsaturated/α-hetero) is 1. The Morgan fingerprint density at radius 3 is 1.97 bits per heavy atom. The van der Waals surface area contributed by atoms with Crippen molar-refractivity contribution < 1.29 is 41.9 Å². The van der Waals surface area contributed by atoms with Crippen molar-refractivity contribution >= 4 is 29.6 Å². The number of hydrogen-bond donors (Lipinski definition) is 4. The Labute approximate surface area is 228 Å². The van der Waals surface area contributed by atoms with Crippen LogP contribution in [0, 0.1) is 5.92 Å². The summed E-state index contributed by atoms with van der Waals surface area (Å²) in [5.74, 6) is -3.70. The smallest absolute Gasteiger partial charge is 0.407 e. The normalized spacial score (nSPS) is 13.0. The molecule has 0 saturated carbocycles. The van der Waals surface area contributed by atoms with Gasteiger partial charge in [-0.3, -0.25) is 19.2 Å². The van der Waals surface area contributed by atoms with Crippen LogP contribution in [0.1, 0.15) is 66.2 Å². The molecule has 0 fully saturated rings. The minimum Gasteiger partial charge on any atom is -0.453 e. The molecule has 0 saturated heterocycles. The molecule has 0 bridgehead atoms. The molecule has 0 heterocycles. The number of rotatable bonds is 19. The van der Waals surface area contributed by atoms with Gasteiger partial charge in [-0.1, -0.05) is 27.7 Å². The summed E-state index contributed by atoms with van der Waals surface area (Å²) in [6.45, 7) is 8.88. The molecule has 0 unspecified atom stereocenters. The minimum atomic E-state index is -4.68. The van der Waals surface area contributed by atoms with Gasteiger partial charge in [-0.2, -0.15) is 13.2 Å². The minimum absolute atomic E-state index is 0.248. The van der Waals surface area contributed by atoms with E-state index in [9.17, 15) is 37.1 Å². The van der Waals surface area contributed by atoms with Gasteiger partial charge in [-0.05, 0) is 57.7 Å². The number of alkyl carbamates (subject to hydrolysis) is 1. The standard InChI is InChI=1S/C25H44F3N5O6/c1-6-11-33(12-7-2)13-9-8-10-19(31-23(37)21(17(3)4)32-24(38)39-5)22(36)30-16-20(35)29-15-18(34)14-25(26,27)28/h17,19,21H,6-16H2,1-5H3,(H,29,35)(H,30,36)(H,31,37)(H,32,38)/t19-,21-/m0/s1. The Kier molecular flexibility index (Phi) is 17.8. The lowest BCUT2D eigenvalue weighted by atomic mass is 10.0. The summed E-state index contributed by atoms with van der Waals surface area (Å²) in [4.78, 5) is 63.0. The highest BCUT2D eigenvalue weighted by molar-refractivity contribution is 5.93. The topological polar surface area (TPSA) is 146 Å².